The first-order chi connectivity index (χ1) is 14.0. The SMILES string of the molecule is CC(=O)c1ccc(C#N)cc1N1CCCC(c2nc(-c3ccc(Cl)cc3)no2)C1. The highest BCUT2D eigenvalue weighted by molar-refractivity contribution is 6.30. The summed E-state index contributed by atoms with van der Waals surface area (Å²) in [6.07, 6.45) is 1.85. The summed E-state index contributed by atoms with van der Waals surface area (Å²) in [7, 11) is 0. The zero-order chi connectivity index (χ0) is 20.4. The summed E-state index contributed by atoms with van der Waals surface area (Å²) in [6.45, 7) is 3.00. The van der Waals surface area contributed by atoms with Crippen LogP contribution in [0.4, 0.5) is 5.69 Å². The third kappa shape index (κ3) is 4.01. The van der Waals surface area contributed by atoms with Crippen molar-refractivity contribution >= 4 is 23.1 Å². The molecule has 2 heterocycles. The highest BCUT2D eigenvalue weighted by Gasteiger charge is 2.28. The molecule has 1 aromatic heterocycles. The predicted molar refractivity (Wildman–Crippen MR) is 110 cm³/mol. The maximum Gasteiger partial charge on any atom is 0.231 e. The molecule has 146 valence electrons. The van der Waals surface area contributed by atoms with E-state index in [1.165, 1.54) is 0 Å². The molecule has 6 nitrogen and oxygen atoms in total. The molecule has 7 heteroatoms. The largest absolute Gasteiger partial charge is 0.370 e. The van der Waals surface area contributed by atoms with Crippen LogP contribution in [0.15, 0.2) is 47.0 Å². The van der Waals surface area contributed by atoms with Gasteiger partial charge in [-0.25, -0.2) is 0 Å². The minimum atomic E-state index is -0.0190. The number of carbonyl (C=O) groups is 1. The van der Waals surface area contributed by atoms with Crippen LogP contribution in [0.25, 0.3) is 11.4 Å². The molecule has 0 aliphatic carbocycles. The monoisotopic (exact) mass is 406 g/mol. The lowest BCUT2D eigenvalue weighted by molar-refractivity contribution is 0.101. The van der Waals surface area contributed by atoms with Crippen molar-refractivity contribution in [2.45, 2.75) is 25.7 Å². The van der Waals surface area contributed by atoms with Crippen molar-refractivity contribution in [1.29, 1.82) is 5.26 Å². The summed E-state index contributed by atoms with van der Waals surface area (Å²) in [5, 5.41) is 14.0. The molecule has 2 aromatic carbocycles. The molecule has 1 aliphatic heterocycles. The van der Waals surface area contributed by atoms with Gasteiger partial charge >= 0.3 is 0 Å². The van der Waals surface area contributed by atoms with E-state index in [1.807, 2.05) is 12.1 Å². The van der Waals surface area contributed by atoms with Crippen molar-refractivity contribution in [3.63, 3.8) is 0 Å². The normalized spacial score (nSPS) is 16.4. The highest BCUT2D eigenvalue weighted by Crippen LogP contribution is 2.32. The molecule has 0 spiro atoms. The summed E-state index contributed by atoms with van der Waals surface area (Å²) in [5.41, 5.74) is 2.79. The first kappa shape index (κ1) is 19.2. The lowest BCUT2D eigenvalue weighted by atomic mass is 9.95. The maximum absolute atomic E-state index is 12.1. The molecular formula is C22H19ClN4O2. The molecule has 1 saturated heterocycles. The van der Waals surface area contributed by atoms with E-state index < -0.39 is 0 Å². The van der Waals surface area contributed by atoms with E-state index in [0.717, 1.165) is 30.6 Å². The molecule has 29 heavy (non-hydrogen) atoms. The average molecular weight is 407 g/mol. The van der Waals surface area contributed by atoms with E-state index in [2.05, 4.69) is 21.1 Å². The fourth-order valence-electron chi connectivity index (χ4n) is 3.68. The third-order valence-electron chi connectivity index (χ3n) is 5.16. The highest BCUT2D eigenvalue weighted by atomic mass is 35.5. The van der Waals surface area contributed by atoms with Crippen LogP contribution in [-0.2, 0) is 0 Å². The second-order valence-electron chi connectivity index (χ2n) is 7.15. The Hall–Kier alpha value is -3.17. The van der Waals surface area contributed by atoms with Gasteiger partial charge in [0.05, 0.1) is 17.6 Å². The zero-order valence-corrected chi connectivity index (χ0v) is 16.7. The van der Waals surface area contributed by atoms with Gasteiger partial charge in [0.1, 0.15) is 0 Å². The number of hydrogen-bond acceptors (Lipinski definition) is 6. The number of nitriles is 1. The molecule has 0 amide bonds. The minimum Gasteiger partial charge on any atom is -0.370 e. The van der Waals surface area contributed by atoms with Gasteiger partial charge in [0.2, 0.25) is 11.7 Å². The molecule has 1 unspecified atom stereocenters. The molecular weight excluding hydrogens is 388 g/mol. The average Bonchev–Trinajstić information content (AvgIpc) is 3.24. The molecule has 0 bridgehead atoms. The lowest BCUT2D eigenvalue weighted by Gasteiger charge is -2.34. The summed E-state index contributed by atoms with van der Waals surface area (Å²) in [5.74, 6) is 1.16. The maximum atomic E-state index is 12.1. The summed E-state index contributed by atoms with van der Waals surface area (Å²) >= 11 is 5.94. The summed E-state index contributed by atoms with van der Waals surface area (Å²) in [6, 6.07) is 14.6. The molecule has 0 saturated carbocycles. The van der Waals surface area contributed by atoms with Crippen molar-refractivity contribution in [2.75, 3.05) is 18.0 Å². The Morgan fingerprint density at radius 3 is 2.79 bits per heavy atom. The van der Waals surface area contributed by atoms with E-state index in [0.29, 0.717) is 34.4 Å². The van der Waals surface area contributed by atoms with Gasteiger partial charge in [-0.15, -0.1) is 0 Å². The first-order valence-corrected chi connectivity index (χ1v) is 9.82. The van der Waals surface area contributed by atoms with Gasteiger partial charge in [-0.05, 0) is 62.2 Å². The Labute approximate surface area is 173 Å². The van der Waals surface area contributed by atoms with Gasteiger partial charge in [0.15, 0.2) is 5.78 Å². The number of halogens is 1. The number of hydrogen-bond donors (Lipinski definition) is 0. The Morgan fingerprint density at radius 1 is 1.28 bits per heavy atom. The molecule has 4 rings (SSSR count). The molecule has 0 N–H and O–H groups in total. The number of piperidine rings is 1. The smallest absolute Gasteiger partial charge is 0.231 e. The lowest BCUT2D eigenvalue weighted by Crippen LogP contribution is -2.35. The van der Waals surface area contributed by atoms with Gasteiger partial charge in [0, 0.05) is 34.9 Å². The van der Waals surface area contributed by atoms with Crippen molar-refractivity contribution < 1.29 is 9.32 Å². The number of carbonyl (C=O) groups excluding carboxylic acids is 1. The minimum absolute atomic E-state index is 0.0190. The van der Waals surface area contributed by atoms with Crippen LogP contribution in [0.5, 0.6) is 0 Å². The van der Waals surface area contributed by atoms with Gasteiger partial charge in [-0.2, -0.15) is 10.2 Å². The van der Waals surface area contributed by atoms with Crippen molar-refractivity contribution in [3.05, 3.63) is 64.5 Å². The van der Waals surface area contributed by atoms with Gasteiger partial charge in [-0.1, -0.05) is 16.8 Å². The molecule has 1 aliphatic rings. The van der Waals surface area contributed by atoms with Gasteiger partial charge in [0.25, 0.3) is 0 Å². The van der Waals surface area contributed by atoms with Crippen LogP contribution in [0.2, 0.25) is 5.02 Å². The number of benzene rings is 2. The van der Waals surface area contributed by atoms with Gasteiger partial charge < -0.3 is 9.42 Å². The standard InChI is InChI=1S/C22H19ClN4O2/c1-14(28)19-9-4-15(12-24)11-20(19)27-10-2-3-17(13-27)22-25-21(26-29-22)16-5-7-18(23)8-6-16/h4-9,11,17H,2-3,10,13H2,1H3. The molecule has 0 radical (unpaired) electrons. The number of ketones is 1. The van der Waals surface area contributed by atoms with E-state index in [4.69, 9.17) is 16.1 Å². The predicted octanol–water partition coefficient (Wildman–Crippen LogP) is 4.85. The fraction of sp³-hybridized carbons (Fsp3) is 0.273. The van der Waals surface area contributed by atoms with Crippen molar-refractivity contribution in [1.82, 2.24) is 10.1 Å². The Morgan fingerprint density at radius 2 is 2.07 bits per heavy atom. The summed E-state index contributed by atoms with van der Waals surface area (Å²) in [4.78, 5) is 18.8. The number of aromatic nitrogens is 2. The van der Waals surface area contributed by atoms with E-state index >= 15 is 0 Å². The van der Waals surface area contributed by atoms with Crippen LogP contribution in [0.3, 0.4) is 0 Å². The first-order valence-electron chi connectivity index (χ1n) is 9.44. The quantitative estimate of drug-likeness (QED) is 0.576. The molecule has 3 aromatic rings. The summed E-state index contributed by atoms with van der Waals surface area (Å²) < 4.78 is 5.56. The van der Waals surface area contributed by atoms with Crippen LogP contribution in [0, 0.1) is 11.3 Å². The number of nitrogens with zero attached hydrogens (tertiary/aromatic N) is 4. The molecule has 1 fully saturated rings. The number of anilines is 1. The number of Topliss-reactive ketones (excluding diaryl/α,β-unsaturated/α-hetero) is 1. The van der Waals surface area contributed by atoms with Gasteiger partial charge in [-0.3, -0.25) is 4.79 Å². The van der Waals surface area contributed by atoms with Crippen molar-refractivity contribution in [3.8, 4) is 17.5 Å². The van der Waals surface area contributed by atoms with Crippen LogP contribution < -0.4 is 4.90 Å². The second-order valence-corrected chi connectivity index (χ2v) is 7.58. The van der Waals surface area contributed by atoms with Crippen LogP contribution in [-0.4, -0.2) is 29.0 Å². The van der Waals surface area contributed by atoms with Crippen LogP contribution in [0.1, 0.15) is 47.5 Å². The second kappa shape index (κ2) is 8.06. The zero-order valence-electron chi connectivity index (χ0n) is 15.9. The fourth-order valence-corrected chi connectivity index (χ4v) is 3.80. The Bertz CT molecular complexity index is 1080. The van der Waals surface area contributed by atoms with E-state index in [9.17, 15) is 10.1 Å². The van der Waals surface area contributed by atoms with Crippen LogP contribution >= 0.6 is 11.6 Å². The Kier molecular flexibility index (Phi) is 5.32. The third-order valence-corrected chi connectivity index (χ3v) is 5.41. The van der Waals surface area contributed by atoms with Crippen molar-refractivity contribution in [2.24, 2.45) is 0 Å². The topological polar surface area (TPSA) is 83.0 Å². The molecule has 1 atom stereocenters. The van der Waals surface area contributed by atoms with E-state index in [-0.39, 0.29) is 11.7 Å². The van der Waals surface area contributed by atoms with E-state index in [1.54, 1.807) is 37.3 Å². The Balaban J connectivity index is 1.59. The number of rotatable bonds is 4.